The quantitative estimate of drug-likeness (QED) is 0.507. The zero-order valence-electron chi connectivity index (χ0n) is 18.3. The number of carbonyl (C=O) groups excluding carboxylic acids is 1. The summed E-state index contributed by atoms with van der Waals surface area (Å²) in [6.45, 7) is 3.49. The largest absolute Gasteiger partial charge is 0.481 e. The van der Waals surface area contributed by atoms with E-state index in [1.807, 2.05) is 35.2 Å². The van der Waals surface area contributed by atoms with Crippen molar-refractivity contribution >= 4 is 23.3 Å². The van der Waals surface area contributed by atoms with Crippen molar-refractivity contribution in [3.05, 3.63) is 71.2 Å². The molecule has 0 radical (unpaired) electrons. The van der Waals surface area contributed by atoms with Crippen LogP contribution in [0.5, 0.6) is 5.75 Å². The highest BCUT2D eigenvalue weighted by molar-refractivity contribution is 6.33. The fraction of sp³-hybridized carbons (Fsp3) is 0.292. The van der Waals surface area contributed by atoms with Crippen molar-refractivity contribution in [3.8, 4) is 17.0 Å². The summed E-state index contributed by atoms with van der Waals surface area (Å²) in [5.41, 5.74) is 0.650. The molecule has 4 rings (SSSR count). The van der Waals surface area contributed by atoms with Crippen LogP contribution >= 0.6 is 11.6 Å². The smallest absolute Gasteiger partial charge is 0.416 e. The van der Waals surface area contributed by atoms with E-state index in [-0.39, 0.29) is 11.7 Å². The molecule has 1 atom stereocenters. The number of halogens is 4. The molecule has 3 aromatic rings. The van der Waals surface area contributed by atoms with Gasteiger partial charge in [0.1, 0.15) is 5.75 Å². The van der Waals surface area contributed by atoms with Crippen LogP contribution in [0.2, 0.25) is 5.02 Å². The van der Waals surface area contributed by atoms with Crippen molar-refractivity contribution in [2.24, 2.45) is 0 Å². The average molecular weight is 491 g/mol. The number of piperazine rings is 1. The fourth-order valence-electron chi connectivity index (χ4n) is 3.72. The number of hydrogen-bond donors (Lipinski definition) is 0. The normalized spacial score (nSPS) is 15.2. The van der Waals surface area contributed by atoms with Crippen molar-refractivity contribution in [2.75, 3.05) is 31.1 Å². The Bertz CT molecular complexity index is 1150. The van der Waals surface area contributed by atoms with Crippen LogP contribution in [0.3, 0.4) is 0 Å². The molecule has 6 nitrogen and oxygen atoms in total. The maximum atomic E-state index is 12.9. The van der Waals surface area contributed by atoms with Gasteiger partial charge in [0, 0.05) is 31.7 Å². The molecule has 178 valence electrons. The molecule has 10 heteroatoms. The van der Waals surface area contributed by atoms with E-state index < -0.39 is 17.8 Å². The second-order valence-corrected chi connectivity index (χ2v) is 8.26. The first-order valence-electron chi connectivity index (χ1n) is 10.7. The molecule has 0 saturated carbocycles. The second kappa shape index (κ2) is 9.89. The van der Waals surface area contributed by atoms with Crippen LogP contribution in [-0.2, 0) is 11.0 Å². The Kier molecular flexibility index (Phi) is 6.92. The molecule has 2 aromatic carbocycles. The fourth-order valence-corrected chi connectivity index (χ4v) is 3.95. The maximum Gasteiger partial charge on any atom is 0.416 e. The maximum absolute atomic E-state index is 12.9. The van der Waals surface area contributed by atoms with Gasteiger partial charge in [0.25, 0.3) is 5.91 Å². The molecule has 1 aliphatic heterocycles. The first kappa shape index (κ1) is 23.8. The molecule has 34 heavy (non-hydrogen) atoms. The van der Waals surface area contributed by atoms with Gasteiger partial charge in [-0.05, 0) is 43.3 Å². The summed E-state index contributed by atoms with van der Waals surface area (Å²) in [5.74, 6) is 0.413. The lowest BCUT2D eigenvalue weighted by Gasteiger charge is -2.36. The van der Waals surface area contributed by atoms with Crippen LogP contribution in [0.1, 0.15) is 12.5 Å². The van der Waals surface area contributed by atoms with E-state index >= 15 is 0 Å². The van der Waals surface area contributed by atoms with Gasteiger partial charge in [0.2, 0.25) is 0 Å². The van der Waals surface area contributed by atoms with E-state index in [9.17, 15) is 18.0 Å². The summed E-state index contributed by atoms with van der Waals surface area (Å²) < 4.78 is 44.2. The molecule has 0 aliphatic carbocycles. The second-order valence-electron chi connectivity index (χ2n) is 7.85. The summed E-state index contributed by atoms with van der Waals surface area (Å²) in [4.78, 5) is 16.4. The Balaban J connectivity index is 1.33. The van der Waals surface area contributed by atoms with Crippen molar-refractivity contribution < 1.29 is 22.7 Å². The zero-order valence-corrected chi connectivity index (χ0v) is 19.1. The third-order valence-corrected chi connectivity index (χ3v) is 5.87. The Labute approximate surface area is 199 Å². The summed E-state index contributed by atoms with van der Waals surface area (Å²) in [7, 11) is 0. The van der Waals surface area contributed by atoms with Gasteiger partial charge in [-0.3, -0.25) is 4.79 Å². The minimum Gasteiger partial charge on any atom is -0.481 e. The molecule has 1 unspecified atom stereocenters. The topological polar surface area (TPSA) is 58.6 Å². The van der Waals surface area contributed by atoms with E-state index in [2.05, 4.69) is 10.2 Å². The molecule has 0 bridgehead atoms. The first-order valence-corrected chi connectivity index (χ1v) is 11.1. The molecule has 1 amide bonds. The minimum atomic E-state index is -4.47. The van der Waals surface area contributed by atoms with Crippen LogP contribution in [0.4, 0.5) is 19.0 Å². The molecule has 2 heterocycles. The number of carbonyl (C=O) groups is 1. The van der Waals surface area contributed by atoms with Gasteiger partial charge in [0.15, 0.2) is 11.9 Å². The van der Waals surface area contributed by atoms with Gasteiger partial charge in [-0.2, -0.15) is 13.2 Å². The zero-order chi connectivity index (χ0) is 24.3. The van der Waals surface area contributed by atoms with E-state index in [4.69, 9.17) is 16.3 Å². The van der Waals surface area contributed by atoms with E-state index in [0.717, 1.165) is 17.7 Å². The Morgan fingerprint density at radius 1 is 1.00 bits per heavy atom. The SMILES string of the molecule is CC(Oc1cccc(C(F)(F)F)c1)C(=O)N1CCN(c2ccc(-c3ccccc3Cl)nn2)CC1. The highest BCUT2D eigenvalue weighted by Gasteiger charge is 2.31. The van der Waals surface area contributed by atoms with Crippen molar-refractivity contribution in [2.45, 2.75) is 19.2 Å². The molecule has 1 aromatic heterocycles. The number of amides is 1. The molecule has 0 N–H and O–H groups in total. The molecular weight excluding hydrogens is 469 g/mol. The molecule has 1 fully saturated rings. The highest BCUT2D eigenvalue weighted by atomic mass is 35.5. The Morgan fingerprint density at radius 2 is 1.74 bits per heavy atom. The molecule has 1 aliphatic rings. The lowest BCUT2D eigenvalue weighted by Crippen LogP contribution is -2.52. The third-order valence-electron chi connectivity index (χ3n) is 5.54. The predicted octanol–water partition coefficient (Wildman–Crippen LogP) is 4.93. The average Bonchev–Trinajstić information content (AvgIpc) is 2.84. The number of benzene rings is 2. The monoisotopic (exact) mass is 490 g/mol. The van der Waals surface area contributed by atoms with Crippen molar-refractivity contribution in [3.63, 3.8) is 0 Å². The van der Waals surface area contributed by atoms with Gasteiger partial charge in [0.05, 0.1) is 16.3 Å². The van der Waals surface area contributed by atoms with Crippen LogP contribution in [0.25, 0.3) is 11.3 Å². The molecule has 0 spiro atoms. The lowest BCUT2D eigenvalue weighted by molar-refractivity contribution is -0.138. The third kappa shape index (κ3) is 5.41. The number of hydrogen-bond acceptors (Lipinski definition) is 5. The van der Waals surface area contributed by atoms with E-state index in [1.165, 1.54) is 19.1 Å². The Hall–Kier alpha value is -3.33. The first-order chi connectivity index (χ1) is 16.2. The summed E-state index contributed by atoms with van der Waals surface area (Å²) in [6.07, 6.45) is -5.39. The summed E-state index contributed by atoms with van der Waals surface area (Å²) in [6, 6.07) is 15.6. The summed E-state index contributed by atoms with van der Waals surface area (Å²) in [5, 5.41) is 9.18. The summed E-state index contributed by atoms with van der Waals surface area (Å²) >= 11 is 6.22. The van der Waals surface area contributed by atoms with Gasteiger partial charge in [-0.15, -0.1) is 10.2 Å². The van der Waals surface area contributed by atoms with Crippen LogP contribution in [0.15, 0.2) is 60.7 Å². The van der Waals surface area contributed by atoms with Gasteiger partial charge >= 0.3 is 6.18 Å². The van der Waals surface area contributed by atoms with Gasteiger partial charge in [-0.25, -0.2) is 0 Å². The Morgan fingerprint density at radius 3 is 2.38 bits per heavy atom. The van der Waals surface area contributed by atoms with Crippen LogP contribution in [0, 0.1) is 0 Å². The van der Waals surface area contributed by atoms with Crippen LogP contribution in [-0.4, -0.2) is 53.3 Å². The van der Waals surface area contributed by atoms with Crippen molar-refractivity contribution in [1.82, 2.24) is 15.1 Å². The van der Waals surface area contributed by atoms with E-state index in [0.29, 0.717) is 42.7 Å². The van der Waals surface area contributed by atoms with Gasteiger partial charge < -0.3 is 14.5 Å². The van der Waals surface area contributed by atoms with Crippen molar-refractivity contribution in [1.29, 1.82) is 0 Å². The minimum absolute atomic E-state index is 0.00296. The number of nitrogens with zero attached hydrogens (tertiary/aromatic N) is 4. The number of alkyl halides is 3. The number of ether oxygens (including phenoxy) is 1. The standard InChI is InChI=1S/C24H22ClF3N4O2/c1-16(34-18-6-4-5-17(15-18)24(26,27)28)23(33)32-13-11-31(12-14-32)22-10-9-21(29-30-22)19-7-2-3-8-20(19)25/h2-10,15-16H,11-14H2,1H3. The number of rotatable bonds is 5. The van der Waals surface area contributed by atoms with Gasteiger partial charge in [-0.1, -0.05) is 35.9 Å². The number of anilines is 1. The lowest BCUT2D eigenvalue weighted by atomic mass is 10.1. The predicted molar refractivity (Wildman–Crippen MR) is 123 cm³/mol. The number of aromatic nitrogens is 2. The molecule has 1 saturated heterocycles. The molecular formula is C24H22ClF3N4O2. The van der Waals surface area contributed by atoms with Crippen LogP contribution < -0.4 is 9.64 Å². The van der Waals surface area contributed by atoms with E-state index in [1.54, 1.807) is 11.0 Å². The highest BCUT2D eigenvalue weighted by Crippen LogP contribution is 2.31.